The van der Waals surface area contributed by atoms with Crippen LogP contribution in [-0.2, 0) is 0 Å². The van der Waals surface area contributed by atoms with E-state index in [2.05, 4.69) is 143 Å². The Kier molecular flexibility index (Phi) is 5.89. The van der Waals surface area contributed by atoms with Crippen molar-refractivity contribution in [1.29, 1.82) is 0 Å². The van der Waals surface area contributed by atoms with Gasteiger partial charge in [-0.2, -0.15) is 4.98 Å². The summed E-state index contributed by atoms with van der Waals surface area (Å²) in [5, 5.41) is 6.88. The molecule has 0 saturated heterocycles. The van der Waals surface area contributed by atoms with Crippen LogP contribution in [0.4, 0.5) is 0 Å². The van der Waals surface area contributed by atoms with Gasteiger partial charge in [-0.1, -0.05) is 115 Å². The Balaban J connectivity index is 1.17. The van der Waals surface area contributed by atoms with Crippen molar-refractivity contribution in [2.75, 3.05) is 0 Å². The van der Waals surface area contributed by atoms with E-state index >= 15 is 0 Å². The van der Waals surface area contributed by atoms with Gasteiger partial charge in [0, 0.05) is 49.4 Å². The molecule has 238 valence electrons. The van der Waals surface area contributed by atoms with E-state index in [-0.39, 0.29) is 0 Å². The van der Waals surface area contributed by atoms with E-state index in [1.54, 1.807) is 0 Å². The van der Waals surface area contributed by atoms with Crippen LogP contribution in [0.5, 0.6) is 0 Å². The first-order chi connectivity index (χ1) is 25.3. The van der Waals surface area contributed by atoms with Gasteiger partial charge in [-0.25, -0.2) is 4.98 Å². The van der Waals surface area contributed by atoms with Crippen LogP contribution in [0.2, 0.25) is 0 Å². The first kappa shape index (κ1) is 27.9. The van der Waals surface area contributed by atoms with Gasteiger partial charge in [-0.3, -0.25) is 0 Å². The fourth-order valence-electron chi connectivity index (χ4n) is 7.99. The molecule has 5 heteroatoms. The molecule has 11 aromatic rings. The largest absolute Gasteiger partial charge is 0.438 e. The number of benzene rings is 7. The minimum absolute atomic E-state index is 0.583. The molecule has 0 fully saturated rings. The summed E-state index contributed by atoms with van der Waals surface area (Å²) < 4.78 is 11.1. The molecule has 0 amide bonds. The fourth-order valence-corrected chi connectivity index (χ4v) is 7.99. The lowest BCUT2D eigenvalue weighted by atomic mass is 10.1. The number of hydrogen-bond acceptors (Lipinski definition) is 3. The summed E-state index contributed by atoms with van der Waals surface area (Å²) in [6.45, 7) is 0. The molecule has 4 heterocycles. The zero-order valence-corrected chi connectivity index (χ0v) is 27.4. The summed E-state index contributed by atoms with van der Waals surface area (Å²) >= 11 is 0. The molecule has 0 atom stereocenters. The van der Waals surface area contributed by atoms with Crippen LogP contribution in [0.15, 0.2) is 174 Å². The second-order valence-electron chi connectivity index (χ2n) is 13.0. The topological polar surface area (TPSA) is 48.8 Å². The summed E-state index contributed by atoms with van der Waals surface area (Å²) in [7, 11) is 0. The van der Waals surface area contributed by atoms with Crippen LogP contribution >= 0.6 is 0 Å². The van der Waals surface area contributed by atoms with Gasteiger partial charge in [0.2, 0.25) is 5.71 Å². The summed E-state index contributed by atoms with van der Waals surface area (Å²) in [5.41, 5.74) is 11.0. The van der Waals surface area contributed by atoms with Gasteiger partial charge < -0.3 is 13.6 Å². The van der Waals surface area contributed by atoms with Crippen LogP contribution in [0, 0.1) is 0 Å². The second kappa shape index (κ2) is 10.8. The normalized spacial score (nSPS) is 11.9. The van der Waals surface area contributed by atoms with Crippen molar-refractivity contribution in [2.45, 2.75) is 0 Å². The number of fused-ring (bicyclic) bond motifs is 10. The molecular weight excluding hydrogens is 625 g/mol. The molecule has 0 aliphatic rings. The van der Waals surface area contributed by atoms with Gasteiger partial charge in [0.25, 0.3) is 0 Å². The molecule has 5 nitrogen and oxygen atoms in total. The molecule has 0 radical (unpaired) electrons. The Labute approximate surface area is 292 Å². The van der Waals surface area contributed by atoms with E-state index in [4.69, 9.17) is 14.4 Å². The maximum Gasteiger partial charge on any atom is 0.231 e. The van der Waals surface area contributed by atoms with E-state index in [1.807, 2.05) is 36.4 Å². The summed E-state index contributed by atoms with van der Waals surface area (Å²) in [4.78, 5) is 10.3. The predicted octanol–water partition coefficient (Wildman–Crippen LogP) is 11.9. The third kappa shape index (κ3) is 4.09. The zero-order valence-electron chi connectivity index (χ0n) is 27.4. The summed E-state index contributed by atoms with van der Waals surface area (Å²) in [5.74, 6) is 0.622. The van der Waals surface area contributed by atoms with Gasteiger partial charge in [0.15, 0.2) is 5.82 Å². The Morgan fingerprint density at radius 2 is 0.941 bits per heavy atom. The number of aromatic nitrogens is 4. The van der Waals surface area contributed by atoms with Crippen molar-refractivity contribution in [3.05, 3.63) is 170 Å². The molecule has 0 bridgehead atoms. The Morgan fingerprint density at radius 1 is 0.392 bits per heavy atom. The van der Waals surface area contributed by atoms with Gasteiger partial charge >= 0.3 is 0 Å². The van der Waals surface area contributed by atoms with Crippen LogP contribution in [0.25, 0.3) is 99.7 Å². The first-order valence-corrected chi connectivity index (χ1v) is 17.2. The maximum atomic E-state index is 6.35. The highest BCUT2D eigenvalue weighted by molar-refractivity contribution is 6.29. The van der Waals surface area contributed by atoms with Crippen LogP contribution in [0.3, 0.4) is 0 Å². The number of rotatable bonds is 4. The van der Waals surface area contributed by atoms with Gasteiger partial charge in [0.05, 0.1) is 33.1 Å². The molecule has 51 heavy (non-hydrogen) atoms. The Bertz CT molecular complexity index is 3130. The van der Waals surface area contributed by atoms with Crippen LogP contribution < -0.4 is 0 Å². The fraction of sp³-hybridized carbons (Fsp3) is 0. The number of hydrogen-bond donors (Lipinski definition) is 0. The molecular formula is C46H28N4O. The quantitative estimate of drug-likeness (QED) is 0.190. The average molecular weight is 653 g/mol. The lowest BCUT2D eigenvalue weighted by Crippen LogP contribution is -1.97. The van der Waals surface area contributed by atoms with Gasteiger partial charge in [-0.15, -0.1) is 0 Å². The van der Waals surface area contributed by atoms with E-state index in [0.717, 1.165) is 55.6 Å². The van der Waals surface area contributed by atoms with Crippen molar-refractivity contribution >= 4 is 65.7 Å². The molecule has 4 aromatic heterocycles. The zero-order chi connectivity index (χ0) is 33.5. The van der Waals surface area contributed by atoms with E-state index in [9.17, 15) is 0 Å². The minimum Gasteiger partial charge on any atom is -0.438 e. The lowest BCUT2D eigenvalue weighted by Gasteiger charge is -2.11. The van der Waals surface area contributed by atoms with Gasteiger partial charge in [-0.05, 0) is 54.6 Å². The Morgan fingerprint density at radius 3 is 1.65 bits per heavy atom. The highest BCUT2D eigenvalue weighted by Gasteiger charge is 2.22. The molecule has 0 aliphatic heterocycles. The molecule has 0 aliphatic carbocycles. The molecule has 7 aromatic carbocycles. The molecule has 0 unspecified atom stereocenters. The van der Waals surface area contributed by atoms with Gasteiger partial charge in [0.1, 0.15) is 5.58 Å². The van der Waals surface area contributed by atoms with Crippen LogP contribution in [0.1, 0.15) is 0 Å². The van der Waals surface area contributed by atoms with Crippen molar-refractivity contribution in [2.24, 2.45) is 0 Å². The molecule has 0 saturated carbocycles. The SMILES string of the molecule is c1ccc(-c2nc(-c3cccc(-n4c5ccccc5c5c6c7ccccc7n(-c7ccccc7)c6ccc54)c3)nc3oc4ccccc4c23)cc1. The number of nitrogens with zero attached hydrogens (tertiary/aromatic N) is 4. The highest BCUT2D eigenvalue weighted by atomic mass is 16.3. The maximum absolute atomic E-state index is 6.35. The van der Waals surface area contributed by atoms with E-state index in [1.165, 1.54) is 32.6 Å². The van der Waals surface area contributed by atoms with Crippen molar-refractivity contribution < 1.29 is 4.42 Å². The summed E-state index contributed by atoms with van der Waals surface area (Å²) in [6, 6.07) is 59.6. The van der Waals surface area contributed by atoms with E-state index in [0.29, 0.717) is 11.5 Å². The van der Waals surface area contributed by atoms with E-state index < -0.39 is 0 Å². The third-order valence-corrected chi connectivity index (χ3v) is 10.1. The molecule has 0 N–H and O–H groups in total. The molecule has 11 rings (SSSR count). The Hall–Kier alpha value is -6.98. The lowest BCUT2D eigenvalue weighted by molar-refractivity contribution is 0.653. The monoisotopic (exact) mass is 652 g/mol. The second-order valence-corrected chi connectivity index (χ2v) is 13.0. The first-order valence-electron chi connectivity index (χ1n) is 17.2. The average Bonchev–Trinajstić information content (AvgIpc) is 3.86. The third-order valence-electron chi connectivity index (χ3n) is 10.1. The summed E-state index contributed by atoms with van der Waals surface area (Å²) in [6.07, 6.45) is 0. The minimum atomic E-state index is 0.583. The number of para-hydroxylation sites is 4. The van der Waals surface area contributed by atoms with Crippen LogP contribution in [-0.4, -0.2) is 19.1 Å². The van der Waals surface area contributed by atoms with Crippen molar-refractivity contribution in [3.63, 3.8) is 0 Å². The predicted molar refractivity (Wildman–Crippen MR) is 209 cm³/mol. The number of furan rings is 1. The highest BCUT2D eigenvalue weighted by Crippen LogP contribution is 2.43. The smallest absolute Gasteiger partial charge is 0.231 e. The van der Waals surface area contributed by atoms with Crippen molar-refractivity contribution in [3.8, 4) is 34.0 Å². The molecule has 0 spiro atoms. The van der Waals surface area contributed by atoms with Crippen molar-refractivity contribution in [1.82, 2.24) is 19.1 Å². The standard InChI is InChI=1S/C46H28N4O/c1-3-14-29(15-4-1)44-43-35-22-9-12-25-40(35)51-46(43)48-45(47-44)30-16-13-19-32(28-30)50-37-24-11-8-21-34(37)42-39(50)27-26-38-41(42)33-20-7-10-23-36(33)49(38)31-17-5-2-6-18-31/h1-28H.